The zero-order chi connectivity index (χ0) is 16.7. The Balaban J connectivity index is 2.13. The van der Waals surface area contributed by atoms with Gasteiger partial charge < -0.3 is 10.1 Å². The number of rotatable bonds is 6. The quantitative estimate of drug-likeness (QED) is 0.649. The summed E-state index contributed by atoms with van der Waals surface area (Å²) in [5.74, 6) is 0.333. The highest BCUT2D eigenvalue weighted by Gasteiger charge is 2.08. The summed E-state index contributed by atoms with van der Waals surface area (Å²) in [7, 11) is 0. The number of carbonyl (C=O) groups is 2. The summed E-state index contributed by atoms with van der Waals surface area (Å²) in [5, 5.41) is 2.73. The van der Waals surface area contributed by atoms with Gasteiger partial charge in [-0.1, -0.05) is 30.3 Å². The molecule has 1 N–H and O–H groups in total. The zero-order valence-electron chi connectivity index (χ0n) is 13.2. The van der Waals surface area contributed by atoms with Crippen LogP contribution in [0.3, 0.4) is 0 Å². The van der Waals surface area contributed by atoms with E-state index in [2.05, 4.69) is 5.32 Å². The topological polar surface area (TPSA) is 55.4 Å². The maximum Gasteiger partial charge on any atom is 0.248 e. The SMILES string of the molecule is CCOc1ccccc1/C=C/C(=O)Nc1ccccc1C(C)=O. The van der Waals surface area contributed by atoms with Crippen molar-refractivity contribution in [3.05, 3.63) is 65.7 Å². The standard InChI is InChI=1S/C19H19NO3/c1-3-23-18-11-7-4-8-15(18)12-13-19(22)20-17-10-6-5-9-16(17)14(2)21/h4-13H,3H2,1-2H3,(H,20,22)/b13-12+. The van der Waals surface area contributed by atoms with Crippen LogP contribution in [0.2, 0.25) is 0 Å². The largest absolute Gasteiger partial charge is 0.493 e. The molecule has 2 rings (SSSR count). The maximum atomic E-state index is 12.1. The van der Waals surface area contributed by atoms with Crippen molar-refractivity contribution in [2.75, 3.05) is 11.9 Å². The van der Waals surface area contributed by atoms with Crippen molar-refractivity contribution in [3.8, 4) is 5.75 Å². The minimum atomic E-state index is -0.301. The molecule has 0 aromatic heterocycles. The number of Topliss-reactive ketones (excluding diaryl/α,β-unsaturated/α-hetero) is 1. The maximum absolute atomic E-state index is 12.1. The number of ether oxygens (including phenoxy) is 1. The van der Waals surface area contributed by atoms with Gasteiger partial charge in [0.2, 0.25) is 5.91 Å². The lowest BCUT2D eigenvalue weighted by Crippen LogP contribution is -2.11. The monoisotopic (exact) mass is 309 g/mol. The molecule has 2 aromatic rings. The van der Waals surface area contributed by atoms with Gasteiger partial charge in [0.05, 0.1) is 12.3 Å². The number of benzene rings is 2. The van der Waals surface area contributed by atoms with Crippen molar-refractivity contribution < 1.29 is 14.3 Å². The molecule has 0 unspecified atom stereocenters. The Morgan fingerprint density at radius 3 is 2.52 bits per heavy atom. The second-order valence-corrected chi connectivity index (χ2v) is 4.90. The number of para-hydroxylation sites is 2. The number of hydrogen-bond donors (Lipinski definition) is 1. The smallest absolute Gasteiger partial charge is 0.248 e. The Labute approximate surface area is 135 Å². The van der Waals surface area contributed by atoms with E-state index in [1.165, 1.54) is 13.0 Å². The first-order valence-corrected chi connectivity index (χ1v) is 7.42. The molecule has 0 heterocycles. The van der Waals surface area contributed by atoms with Crippen molar-refractivity contribution in [2.45, 2.75) is 13.8 Å². The number of anilines is 1. The van der Waals surface area contributed by atoms with Gasteiger partial charge in [0.15, 0.2) is 5.78 Å². The third-order valence-electron chi connectivity index (χ3n) is 3.20. The van der Waals surface area contributed by atoms with E-state index in [1.54, 1.807) is 30.3 Å². The second-order valence-electron chi connectivity index (χ2n) is 4.90. The first-order valence-electron chi connectivity index (χ1n) is 7.42. The summed E-state index contributed by atoms with van der Waals surface area (Å²) in [6.45, 7) is 3.94. The van der Waals surface area contributed by atoms with Gasteiger partial charge >= 0.3 is 0 Å². The molecule has 1 amide bonds. The van der Waals surface area contributed by atoms with Crippen molar-refractivity contribution >= 4 is 23.5 Å². The molecule has 0 aliphatic heterocycles. The number of ketones is 1. The van der Waals surface area contributed by atoms with Crippen LogP contribution >= 0.6 is 0 Å². The highest BCUT2D eigenvalue weighted by atomic mass is 16.5. The molecule has 0 aliphatic rings. The molecule has 0 fully saturated rings. The molecule has 2 aromatic carbocycles. The van der Waals surface area contributed by atoms with Crippen molar-refractivity contribution in [3.63, 3.8) is 0 Å². The Morgan fingerprint density at radius 1 is 1.09 bits per heavy atom. The van der Waals surface area contributed by atoms with E-state index >= 15 is 0 Å². The molecule has 0 saturated carbocycles. The zero-order valence-corrected chi connectivity index (χ0v) is 13.2. The van der Waals surface area contributed by atoms with E-state index in [0.29, 0.717) is 17.9 Å². The van der Waals surface area contributed by atoms with Crippen LogP contribution < -0.4 is 10.1 Å². The number of amides is 1. The van der Waals surface area contributed by atoms with Gasteiger partial charge in [0.25, 0.3) is 0 Å². The average molecular weight is 309 g/mol. The highest BCUT2D eigenvalue weighted by Crippen LogP contribution is 2.20. The summed E-state index contributed by atoms with van der Waals surface area (Å²) < 4.78 is 5.51. The fraction of sp³-hybridized carbons (Fsp3) is 0.158. The van der Waals surface area contributed by atoms with Crippen molar-refractivity contribution in [1.29, 1.82) is 0 Å². The first kappa shape index (κ1) is 16.5. The predicted octanol–water partition coefficient (Wildman–Crippen LogP) is 3.94. The van der Waals surface area contributed by atoms with Gasteiger partial charge in [-0.2, -0.15) is 0 Å². The van der Waals surface area contributed by atoms with Crippen LogP contribution in [0, 0.1) is 0 Å². The van der Waals surface area contributed by atoms with Crippen LogP contribution in [0.1, 0.15) is 29.8 Å². The van der Waals surface area contributed by atoms with E-state index in [-0.39, 0.29) is 11.7 Å². The molecule has 0 bridgehead atoms. The molecule has 0 spiro atoms. The van der Waals surface area contributed by atoms with E-state index < -0.39 is 0 Å². The molecular formula is C19H19NO3. The lowest BCUT2D eigenvalue weighted by atomic mass is 10.1. The van der Waals surface area contributed by atoms with Crippen molar-refractivity contribution in [2.24, 2.45) is 0 Å². The van der Waals surface area contributed by atoms with Gasteiger partial charge in [-0.05, 0) is 38.1 Å². The first-order chi connectivity index (χ1) is 11.1. The molecule has 23 heavy (non-hydrogen) atoms. The van der Waals surface area contributed by atoms with Crippen LogP contribution in [0.15, 0.2) is 54.6 Å². The summed E-state index contributed by atoms with van der Waals surface area (Å²) in [6.07, 6.45) is 3.12. The molecule has 4 heteroatoms. The molecule has 0 aliphatic carbocycles. The van der Waals surface area contributed by atoms with E-state index in [9.17, 15) is 9.59 Å². The Morgan fingerprint density at radius 2 is 1.78 bits per heavy atom. The van der Waals surface area contributed by atoms with Crippen LogP contribution in [0.5, 0.6) is 5.75 Å². The lowest BCUT2D eigenvalue weighted by molar-refractivity contribution is -0.111. The van der Waals surface area contributed by atoms with Crippen LogP contribution in [0.4, 0.5) is 5.69 Å². The number of carbonyl (C=O) groups excluding carboxylic acids is 2. The molecule has 4 nitrogen and oxygen atoms in total. The van der Waals surface area contributed by atoms with Crippen molar-refractivity contribution in [1.82, 2.24) is 0 Å². The normalized spacial score (nSPS) is 10.5. The fourth-order valence-corrected chi connectivity index (χ4v) is 2.14. The predicted molar refractivity (Wildman–Crippen MR) is 91.7 cm³/mol. The average Bonchev–Trinajstić information content (AvgIpc) is 2.54. The number of hydrogen-bond acceptors (Lipinski definition) is 3. The van der Waals surface area contributed by atoms with Crippen LogP contribution in [-0.2, 0) is 4.79 Å². The third-order valence-corrected chi connectivity index (χ3v) is 3.20. The molecule has 118 valence electrons. The van der Waals surface area contributed by atoms with E-state index in [0.717, 1.165) is 11.3 Å². The van der Waals surface area contributed by atoms with E-state index in [1.807, 2.05) is 31.2 Å². The highest BCUT2D eigenvalue weighted by molar-refractivity contribution is 6.07. The van der Waals surface area contributed by atoms with Gasteiger partial charge in [-0.25, -0.2) is 0 Å². The molecular weight excluding hydrogens is 290 g/mol. The van der Waals surface area contributed by atoms with Crippen LogP contribution in [0.25, 0.3) is 6.08 Å². The fourth-order valence-electron chi connectivity index (χ4n) is 2.14. The van der Waals surface area contributed by atoms with Gasteiger partial charge in [0, 0.05) is 17.2 Å². The van der Waals surface area contributed by atoms with Crippen LogP contribution in [-0.4, -0.2) is 18.3 Å². The van der Waals surface area contributed by atoms with Gasteiger partial charge in [-0.15, -0.1) is 0 Å². The molecule has 0 atom stereocenters. The Bertz CT molecular complexity index is 735. The number of nitrogens with one attached hydrogen (secondary N) is 1. The molecule has 0 radical (unpaired) electrons. The van der Waals surface area contributed by atoms with E-state index in [4.69, 9.17) is 4.74 Å². The third kappa shape index (κ3) is 4.54. The van der Waals surface area contributed by atoms with Gasteiger partial charge in [0.1, 0.15) is 5.75 Å². The summed E-state index contributed by atoms with van der Waals surface area (Å²) in [5.41, 5.74) is 1.82. The Kier molecular flexibility index (Phi) is 5.69. The summed E-state index contributed by atoms with van der Waals surface area (Å²) in [6, 6.07) is 14.4. The summed E-state index contributed by atoms with van der Waals surface area (Å²) in [4.78, 5) is 23.6. The second kappa shape index (κ2) is 7.94. The molecule has 0 saturated heterocycles. The minimum Gasteiger partial charge on any atom is -0.493 e. The van der Waals surface area contributed by atoms with Gasteiger partial charge in [-0.3, -0.25) is 9.59 Å². The lowest BCUT2D eigenvalue weighted by Gasteiger charge is -2.08. The Hall–Kier alpha value is -2.88. The summed E-state index contributed by atoms with van der Waals surface area (Å²) >= 11 is 0. The minimum absolute atomic E-state index is 0.0911.